The molecule has 37 heavy (non-hydrogen) atoms. The number of hydrogen-bond donors (Lipinski definition) is 1. The highest BCUT2D eigenvalue weighted by atomic mass is 16.2. The van der Waals surface area contributed by atoms with E-state index in [0.29, 0.717) is 30.6 Å². The molecule has 0 aliphatic carbocycles. The Morgan fingerprint density at radius 2 is 1.57 bits per heavy atom. The Bertz CT molecular complexity index is 1430. The van der Waals surface area contributed by atoms with Crippen molar-refractivity contribution in [3.8, 4) is 11.3 Å². The zero-order valence-corrected chi connectivity index (χ0v) is 21.0. The fourth-order valence-electron chi connectivity index (χ4n) is 5.44. The molecule has 2 aliphatic rings. The minimum atomic E-state index is 0.0586. The number of nitrogens with zero attached hydrogens (tertiary/aromatic N) is 4. The molecule has 0 unspecified atom stereocenters. The molecular weight excluding hydrogens is 462 g/mol. The van der Waals surface area contributed by atoms with E-state index in [1.165, 1.54) is 0 Å². The fraction of sp³-hybridized carbons (Fsp3) is 0.300. The molecule has 2 amide bonds. The maximum atomic E-state index is 13.2. The number of benzene rings is 3. The molecule has 6 rings (SSSR count). The zero-order chi connectivity index (χ0) is 25.4. The monoisotopic (exact) mass is 493 g/mol. The number of hydrogen-bond acceptors (Lipinski definition) is 4. The smallest absolute Gasteiger partial charge is 0.253 e. The lowest BCUT2D eigenvalue weighted by Gasteiger charge is -2.40. The number of aryl methyl sites for hydroxylation is 1. The van der Waals surface area contributed by atoms with Gasteiger partial charge in [-0.2, -0.15) is 5.10 Å². The lowest BCUT2D eigenvalue weighted by atomic mass is 10.0. The Balaban J connectivity index is 1.03. The van der Waals surface area contributed by atoms with Crippen LogP contribution in [0.25, 0.3) is 22.2 Å². The van der Waals surface area contributed by atoms with Crippen LogP contribution in [0.2, 0.25) is 0 Å². The van der Waals surface area contributed by atoms with Crippen LogP contribution in [0.5, 0.6) is 0 Å². The second kappa shape index (κ2) is 9.82. The second-order valence-corrected chi connectivity index (χ2v) is 10.2. The summed E-state index contributed by atoms with van der Waals surface area (Å²) in [5.74, 6) is 0.620. The molecule has 3 heterocycles. The first kappa shape index (κ1) is 23.4. The molecule has 0 saturated carbocycles. The molecule has 3 aromatic carbocycles. The van der Waals surface area contributed by atoms with E-state index in [4.69, 9.17) is 5.10 Å². The molecule has 1 atom stereocenters. The van der Waals surface area contributed by atoms with Crippen LogP contribution in [0.4, 0.5) is 0 Å². The van der Waals surface area contributed by atoms with Crippen LogP contribution in [-0.4, -0.2) is 70.2 Å². The molecule has 1 N–H and O–H groups in total. The van der Waals surface area contributed by atoms with Crippen molar-refractivity contribution >= 4 is 22.7 Å². The Morgan fingerprint density at radius 3 is 2.32 bits per heavy atom. The standard InChI is InChI=1S/C30H31N5O2/c1-33-27-13-12-24(16-26(27)28(32-33)22-8-4-2-5-9-22)30(37)35-19-25(20-35)31-17-21-14-15-34(18-21)29(36)23-10-6-3-7-11-23/h2-13,16,21,25,31H,14-15,17-20H2,1H3/t21-/m1/s1. The van der Waals surface area contributed by atoms with E-state index in [1.807, 2.05) is 100 Å². The zero-order valence-electron chi connectivity index (χ0n) is 21.0. The van der Waals surface area contributed by atoms with Crippen LogP contribution in [0.3, 0.4) is 0 Å². The fourth-order valence-corrected chi connectivity index (χ4v) is 5.44. The van der Waals surface area contributed by atoms with Gasteiger partial charge in [-0.15, -0.1) is 0 Å². The van der Waals surface area contributed by atoms with Crippen molar-refractivity contribution in [3.63, 3.8) is 0 Å². The number of carbonyl (C=O) groups excluding carboxylic acids is 2. The van der Waals surface area contributed by atoms with Crippen LogP contribution in [0, 0.1) is 5.92 Å². The first-order valence-corrected chi connectivity index (χ1v) is 13.0. The van der Waals surface area contributed by atoms with Crippen molar-refractivity contribution in [2.75, 3.05) is 32.7 Å². The summed E-state index contributed by atoms with van der Waals surface area (Å²) in [5, 5.41) is 9.31. The Kier molecular flexibility index (Phi) is 6.22. The number of aromatic nitrogens is 2. The lowest BCUT2D eigenvalue weighted by Crippen LogP contribution is -2.60. The minimum absolute atomic E-state index is 0.0586. The molecule has 2 aliphatic heterocycles. The molecule has 1 aromatic heterocycles. The number of likely N-dealkylation sites (tertiary alicyclic amines) is 2. The van der Waals surface area contributed by atoms with Crippen molar-refractivity contribution in [2.24, 2.45) is 13.0 Å². The van der Waals surface area contributed by atoms with E-state index in [-0.39, 0.29) is 11.8 Å². The van der Waals surface area contributed by atoms with Gasteiger partial charge in [0.1, 0.15) is 5.69 Å². The minimum Gasteiger partial charge on any atom is -0.338 e. The Labute approximate surface area is 216 Å². The van der Waals surface area contributed by atoms with Crippen LogP contribution in [-0.2, 0) is 7.05 Å². The third kappa shape index (κ3) is 4.62. The van der Waals surface area contributed by atoms with E-state index in [1.54, 1.807) is 0 Å². The Morgan fingerprint density at radius 1 is 0.865 bits per heavy atom. The maximum absolute atomic E-state index is 13.2. The van der Waals surface area contributed by atoms with Gasteiger partial charge >= 0.3 is 0 Å². The van der Waals surface area contributed by atoms with Gasteiger partial charge in [-0.05, 0) is 42.7 Å². The number of fused-ring (bicyclic) bond motifs is 1. The van der Waals surface area contributed by atoms with Crippen molar-refractivity contribution in [3.05, 3.63) is 90.0 Å². The van der Waals surface area contributed by atoms with Gasteiger partial charge in [0.05, 0.1) is 5.52 Å². The van der Waals surface area contributed by atoms with Gasteiger partial charge in [0.25, 0.3) is 11.8 Å². The summed E-state index contributed by atoms with van der Waals surface area (Å²) in [5.41, 5.74) is 4.40. The number of nitrogens with one attached hydrogen (secondary N) is 1. The quantitative estimate of drug-likeness (QED) is 0.443. The summed E-state index contributed by atoms with van der Waals surface area (Å²) in [7, 11) is 1.93. The summed E-state index contributed by atoms with van der Waals surface area (Å²) >= 11 is 0. The van der Waals surface area contributed by atoms with E-state index in [9.17, 15) is 9.59 Å². The first-order valence-electron chi connectivity index (χ1n) is 13.0. The van der Waals surface area contributed by atoms with Crippen LogP contribution >= 0.6 is 0 Å². The summed E-state index contributed by atoms with van der Waals surface area (Å²) in [6, 6.07) is 25.7. The molecule has 0 spiro atoms. The number of carbonyl (C=O) groups is 2. The SMILES string of the molecule is Cn1nc(-c2ccccc2)c2cc(C(=O)N3CC(NC[C@H]4CCN(C(=O)c5ccccc5)C4)C3)ccc21. The average Bonchev–Trinajstić information content (AvgIpc) is 3.52. The molecule has 188 valence electrons. The highest BCUT2D eigenvalue weighted by Crippen LogP contribution is 2.29. The number of amides is 2. The van der Waals surface area contributed by atoms with Crippen molar-refractivity contribution in [2.45, 2.75) is 12.5 Å². The number of rotatable bonds is 6. The van der Waals surface area contributed by atoms with E-state index >= 15 is 0 Å². The van der Waals surface area contributed by atoms with Crippen molar-refractivity contribution in [1.29, 1.82) is 0 Å². The third-order valence-corrected chi connectivity index (χ3v) is 7.60. The van der Waals surface area contributed by atoms with Gasteiger partial charge in [-0.1, -0.05) is 48.5 Å². The van der Waals surface area contributed by atoms with Crippen LogP contribution < -0.4 is 5.32 Å². The summed E-state index contributed by atoms with van der Waals surface area (Å²) < 4.78 is 1.87. The largest absolute Gasteiger partial charge is 0.338 e. The van der Waals surface area contributed by atoms with E-state index < -0.39 is 0 Å². The van der Waals surface area contributed by atoms with Crippen molar-refractivity contribution < 1.29 is 9.59 Å². The molecule has 0 bridgehead atoms. The molecule has 7 nitrogen and oxygen atoms in total. The van der Waals surface area contributed by atoms with Gasteiger partial charge in [-0.25, -0.2) is 0 Å². The highest BCUT2D eigenvalue weighted by Gasteiger charge is 2.33. The van der Waals surface area contributed by atoms with Crippen molar-refractivity contribution in [1.82, 2.24) is 24.9 Å². The van der Waals surface area contributed by atoms with E-state index in [2.05, 4.69) is 5.32 Å². The van der Waals surface area contributed by atoms with E-state index in [0.717, 1.165) is 53.8 Å². The molecule has 0 radical (unpaired) electrons. The van der Waals surface area contributed by atoms with Crippen LogP contribution in [0.15, 0.2) is 78.9 Å². The van der Waals surface area contributed by atoms with Gasteiger partial charge in [0.15, 0.2) is 0 Å². The molecular formula is C30H31N5O2. The Hall–Kier alpha value is -3.97. The highest BCUT2D eigenvalue weighted by molar-refractivity contribution is 6.02. The van der Waals surface area contributed by atoms with Gasteiger partial charge in [0, 0.05) is 67.9 Å². The predicted octanol–water partition coefficient (Wildman–Crippen LogP) is 3.82. The maximum Gasteiger partial charge on any atom is 0.253 e. The summed E-state index contributed by atoms with van der Waals surface area (Å²) in [4.78, 5) is 29.8. The lowest BCUT2D eigenvalue weighted by molar-refractivity contribution is 0.0562. The van der Waals surface area contributed by atoms with Crippen LogP contribution in [0.1, 0.15) is 27.1 Å². The molecule has 4 aromatic rings. The van der Waals surface area contributed by atoms with Gasteiger partial charge < -0.3 is 15.1 Å². The topological polar surface area (TPSA) is 70.5 Å². The molecule has 7 heteroatoms. The third-order valence-electron chi connectivity index (χ3n) is 7.60. The normalized spacial score (nSPS) is 17.8. The average molecular weight is 494 g/mol. The van der Waals surface area contributed by atoms with Gasteiger partial charge in [0.2, 0.25) is 0 Å². The molecule has 2 fully saturated rings. The molecule has 2 saturated heterocycles. The van der Waals surface area contributed by atoms with Gasteiger partial charge in [-0.3, -0.25) is 14.3 Å². The second-order valence-electron chi connectivity index (χ2n) is 10.2. The summed E-state index contributed by atoms with van der Waals surface area (Å²) in [6.45, 7) is 3.86. The predicted molar refractivity (Wildman–Crippen MR) is 144 cm³/mol. The first-order chi connectivity index (χ1) is 18.1. The summed E-state index contributed by atoms with van der Waals surface area (Å²) in [6.07, 6.45) is 1.01.